The Bertz CT molecular complexity index is 890. The second-order valence-electron chi connectivity index (χ2n) is 5.55. The minimum atomic E-state index is -0.129. The van der Waals surface area contributed by atoms with E-state index in [9.17, 15) is 5.11 Å². The fourth-order valence-electron chi connectivity index (χ4n) is 2.46. The van der Waals surface area contributed by atoms with Gasteiger partial charge in [0.1, 0.15) is 0 Å². The molecule has 1 aromatic heterocycles. The molecule has 3 rings (SSSR count). The molecular weight excluding hydrogens is 367 g/mol. The Hall–Kier alpha value is -1.52. The molecule has 0 atom stereocenters. The highest BCUT2D eigenvalue weighted by Crippen LogP contribution is 2.29. The Labute approximate surface area is 155 Å². The van der Waals surface area contributed by atoms with Crippen LogP contribution in [-0.4, -0.2) is 14.9 Å². The van der Waals surface area contributed by atoms with Crippen LogP contribution in [0.1, 0.15) is 16.8 Å². The highest BCUT2D eigenvalue weighted by Gasteiger charge is 2.12. The SMILES string of the molecule is Cc1ccc(Cn2nc(CO)cc2-c2ccc(Cl)c(Cl)c2)cc1Cl. The molecule has 0 fully saturated rings. The third kappa shape index (κ3) is 3.60. The van der Waals surface area contributed by atoms with Crippen LogP contribution in [0.2, 0.25) is 15.1 Å². The van der Waals surface area contributed by atoms with Crippen molar-refractivity contribution in [2.24, 2.45) is 0 Å². The normalized spacial score (nSPS) is 11.0. The first-order chi connectivity index (χ1) is 11.5. The zero-order chi connectivity index (χ0) is 17.3. The topological polar surface area (TPSA) is 38.0 Å². The predicted octanol–water partition coefficient (Wildman–Crippen LogP) is 5.36. The first-order valence-electron chi connectivity index (χ1n) is 7.36. The molecule has 0 saturated carbocycles. The van der Waals surface area contributed by atoms with Crippen molar-refractivity contribution in [3.8, 4) is 11.3 Å². The molecule has 0 unspecified atom stereocenters. The lowest BCUT2D eigenvalue weighted by molar-refractivity contribution is 0.275. The third-order valence-electron chi connectivity index (χ3n) is 3.78. The minimum absolute atomic E-state index is 0.129. The molecule has 0 saturated heterocycles. The maximum Gasteiger partial charge on any atom is 0.0885 e. The summed E-state index contributed by atoms with van der Waals surface area (Å²) in [5.41, 5.74) is 4.39. The Balaban J connectivity index is 2.02. The van der Waals surface area contributed by atoms with Crippen molar-refractivity contribution < 1.29 is 5.11 Å². The molecule has 2 aromatic carbocycles. The van der Waals surface area contributed by atoms with E-state index in [1.807, 2.05) is 41.9 Å². The summed E-state index contributed by atoms with van der Waals surface area (Å²) in [6.45, 7) is 2.37. The van der Waals surface area contributed by atoms with E-state index in [-0.39, 0.29) is 6.61 Å². The zero-order valence-electron chi connectivity index (χ0n) is 12.9. The monoisotopic (exact) mass is 380 g/mol. The van der Waals surface area contributed by atoms with Crippen molar-refractivity contribution in [1.29, 1.82) is 0 Å². The highest BCUT2D eigenvalue weighted by atomic mass is 35.5. The fourth-order valence-corrected chi connectivity index (χ4v) is 2.96. The maximum absolute atomic E-state index is 9.42. The Morgan fingerprint density at radius 2 is 1.75 bits per heavy atom. The van der Waals surface area contributed by atoms with Crippen molar-refractivity contribution in [2.75, 3.05) is 0 Å². The Morgan fingerprint density at radius 3 is 2.42 bits per heavy atom. The van der Waals surface area contributed by atoms with Crippen LogP contribution >= 0.6 is 34.8 Å². The number of hydrogen-bond donors (Lipinski definition) is 1. The van der Waals surface area contributed by atoms with Crippen molar-refractivity contribution >= 4 is 34.8 Å². The van der Waals surface area contributed by atoms with E-state index in [2.05, 4.69) is 5.10 Å². The summed E-state index contributed by atoms with van der Waals surface area (Å²) in [4.78, 5) is 0. The lowest BCUT2D eigenvalue weighted by Crippen LogP contribution is -2.04. The molecule has 0 aliphatic heterocycles. The number of halogens is 3. The number of aliphatic hydroxyl groups is 1. The standard InChI is InChI=1S/C18H15Cl3N2O/c1-11-2-3-12(6-16(11)20)9-23-18(8-14(10-24)22-23)13-4-5-15(19)17(21)7-13/h2-8,24H,9-10H2,1H3. The quantitative estimate of drug-likeness (QED) is 0.660. The smallest absolute Gasteiger partial charge is 0.0885 e. The molecule has 1 N–H and O–H groups in total. The van der Waals surface area contributed by atoms with E-state index in [0.717, 1.165) is 27.4 Å². The zero-order valence-corrected chi connectivity index (χ0v) is 15.2. The van der Waals surface area contributed by atoms with Gasteiger partial charge in [-0.05, 0) is 42.3 Å². The first kappa shape index (κ1) is 17.3. The van der Waals surface area contributed by atoms with Gasteiger partial charge in [-0.2, -0.15) is 5.10 Å². The third-order valence-corrected chi connectivity index (χ3v) is 4.92. The van der Waals surface area contributed by atoms with E-state index in [4.69, 9.17) is 34.8 Å². The number of nitrogens with zero attached hydrogens (tertiary/aromatic N) is 2. The number of benzene rings is 2. The average molecular weight is 382 g/mol. The van der Waals surface area contributed by atoms with Crippen molar-refractivity contribution in [3.63, 3.8) is 0 Å². The van der Waals surface area contributed by atoms with Crippen LogP contribution in [0.25, 0.3) is 11.3 Å². The van der Waals surface area contributed by atoms with Gasteiger partial charge in [0.15, 0.2) is 0 Å². The van der Waals surface area contributed by atoms with Crippen LogP contribution in [-0.2, 0) is 13.2 Å². The minimum Gasteiger partial charge on any atom is -0.390 e. The van der Waals surface area contributed by atoms with Crippen LogP contribution in [0.15, 0.2) is 42.5 Å². The lowest BCUT2D eigenvalue weighted by Gasteiger charge is -2.10. The van der Waals surface area contributed by atoms with Crippen LogP contribution in [0.4, 0.5) is 0 Å². The Morgan fingerprint density at radius 1 is 0.958 bits per heavy atom. The molecule has 1 heterocycles. The van der Waals surface area contributed by atoms with Crippen LogP contribution in [0.5, 0.6) is 0 Å². The molecule has 3 nitrogen and oxygen atoms in total. The van der Waals surface area contributed by atoms with E-state index >= 15 is 0 Å². The molecule has 0 amide bonds. The number of rotatable bonds is 4. The molecule has 6 heteroatoms. The van der Waals surface area contributed by atoms with Gasteiger partial charge < -0.3 is 5.11 Å². The van der Waals surface area contributed by atoms with Crippen molar-refractivity contribution in [2.45, 2.75) is 20.1 Å². The summed E-state index contributed by atoms with van der Waals surface area (Å²) in [7, 11) is 0. The van der Waals surface area contributed by atoms with Crippen LogP contribution < -0.4 is 0 Å². The van der Waals surface area contributed by atoms with E-state index in [1.165, 1.54) is 0 Å². The molecule has 0 bridgehead atoms. The molecule has 0 aliphatic rings. The predicted molar refractivity (Wildman–Crippen MR) is 98.9 cm³/mol. The van der Waals surface area contributed by atoms with Gasteiger partial charge in [-0.15, -0.1) is 0 Å². The molecular formula is C18H15Cl3N2O. The number of aromatic nitrogens is 2. The van der Waals surface area contributed by atoms with Crippen molar-refractivity contribution in [3.05, 3.63) is 74.4 Å². The van der Waals surface area contributed by atoms with Gasteiger partial charge in [0.25, 0.3) is 0 Å². The fraction of sp³-hybridized carbons (Fsp3) is 0.167. The molecule has 0 spiro atoms. The highest BCUT2D eigenvalue weighted by molar-refractivity contribution is 6.42. The van der Waals surface area contributed by atoms with E-state index in [0.29, 0.717) is 22.3 Å². The summed E-state index contributed by atoms with van der Waals surface area (Å²) >= 11 is 18.3. The first-order valence-corrected chi connectivity index (χ1v) is 8.49. The largest absolute Gasteiger partial charge is 0.390 e. The summed E-state index contributed by atoms with van der Waals surface area (Å²) in [5.74, 6) is 0. The van der Waals surface area contributed by atoms with Gasteiger partial charge in [0, 0.05) is 10.6 Å². The summed E-state index contributed by atoms with van der Waals surface area (Å²) in [5, 5.41) is 15.6. The van der Waals surface area contributed by atoms with Gasteiger partial charge in [0.05, 0.1) is 34.6 Å². The van der Waals surface area contributed by atoms with Crippen LogP contribution in [0.3, 0.4) is 0 Å². The molecule has 3 aromatic rings. The van der Waals surface area contributed by atoms with Gasteiger partial charge in [-0.3, -0.25) is 4.68 Å². The molecule has 24 heavy (non-hydrogen) atoms. The molecule has 124 valence electrons. The molecule has 0 aliphatic carbocycles. The average Bonchev–Trinajstić information content (AvgIpc) is 2.96. The van der Waals surface area contributed by atoms with Crippen molar-refractivity contribution in [1.82, 2.24) is 9.78 Å². The van der Waals surface area contributed by atoms with E-state index < -0.39 is 0 Å². The van der Waals surface area contributed by atoms with Gasteiger partial charge in [-0.1, -0.05) is 53.0 Å². The molecule has 0 radical (unpaired) electrons. The van der Waals surface area contributed by atoms with Gasteiger partial charge >= 0.3 is 0 Å². The van der Waals surface area contributed by atoms with Gasteiger partial charge in [0.2, 0.25) is 0 Å². The number of aryl methyl sites for hydroxylation is 1. The number of hydrogen-bond acceptors (Lipinski definition) is 2. The second kappa shape index (κ2) is 7.16. The lowest BCUT2D eigenvalue weighted by atomic mass is 10.1. The second-order valence-corrected chi connectivity index (χ2v) is 6.77. The van der Waals surface area contributed by atoms with Crippen LogP contribution in [0, 0.1) is 6.92 Å². The summed E-state index contributed by atoms with van der Waals surface area (Å²) in [6.07, 6.45) is 0. The summed E-state index contributed by atoms with van der Waals surface area (Å²) < 4.78 is 1.83. The maximum atomic E-state index is 9.42. The van der Waals surface area contributed by atoms with E-state index in [1.54, 1.807) is 12.1 Å². The summed E-state index contributed by atoms with van der Waals surface area (Å²) in [6, 6.07) is 13.2. The Kier molecular flexibility index (Phi) is 5.16. The number of aliphatic hydroxyl groups excluding tert-OH is 1. The van der Waals surface area contributed by atoms with Gasteiger partial charge in [-0.25, -0.2) is 0 Å².